The summed E-state index contributed by atoms with van der Waals surface area (Å²) in [4.78, 5) is 14.8. The smallest absolute Gasteiger partial charge is 0.322 e. The average Bonchev–Trinajstić information content (AvgIpc) is 3.33. The largest absolute Gasteiger partial charge is 0.467 e. The van der Waals surface area contributed by atoms with Crippen LogP contribution in [0.1, 0.15) is 37.5 Å². The van der Waals surface area contributed by atoms with Gasteiger partial charge in [-0.3, -0.25) is 0 Å². The molecule has 0 aliphatic carbocycles. The summed E-state index contributed by atoms with van der Waals surface area (Å²) in [6.45, 7) is 0.739. The van der Waals surface area contributed by atoms with Gasteiger partial charge in [0, 0.05) is 24.6 Å². The van der Waals surface area contributed by atoms with E-state index in [2.05, 4.69) is 10.4 Å². The standard InChI is InChI=1S/C20H22N4O2/c25-20(22-16-8-10-17(11-9-16)24-14-5-12-21-24)23-13-3-1-2-6-18(23)19-7-4-15-26-19/h4-5,7-12,14-15,18H,1-3,6,13H2,(H,22,25). The number of aromatic nitrogens is 2. The van der Waals surface area contributed by atoms with Crippen LogP contribution < -0.4 is 5.32 Å². The van der Waals surface area contributed by atoms with Crippen LogP contribution in [0.3, 0.4) is 0 Å². The lowest BCUT2D eigenvalue weighted by Crippen LogP contribution is -2.37. The summed E-state index contributed by atoms with van der Waals surface area (Å²) in [7, 11) is 0. The first kappa shape index (κ1) is 16.4. The van der Waals surface area contributed by atoms with Gasteiger partial charge in [0.1, 0.15) is 5.76 Å². The minimum Gasteiger partial charge on any atom is -0.467 e. The van der Waals surface area contributed by atoms with Crippen molar-refractivity contribution in [3.8, 4) is 5.69 Å². The zero-order valence-corrected chi connectivity index (χ0v) is 14.5. The zero-order valence-electron chi connectivity index (χ0n) is 14.5. The van der Waals surface area contributed by atoms with Crippen LogP contribution in [0, 0.1) is 0 Å². The van der Waals surface area contributed by atoms with E-state index < -0.39 is 0 Å². The van der Waals surface area contributed by atoms with E-state index in [-0.39, 0.29) is 12.1 Å². The molecule has 1 aromatic carbocycles. The minimum atomic E-state index is -0.0832. The first-order chi connectivity index (χ1) is 12.8. The molecule has 1 saturated heterocycles. The molecule has 0 saturated carbocycles. The summed E-state index contributed by atoms with van der Waals surface area (Å²) in [5, 5.41) is 7.23. The van der Waals surface area contributed by atoms with Crippen LogP contribution in [0.2, 0.25) is 0 Å². The molecule has 1 atom stereocenters. The molecule has 1 aliphatic heterocycles. The molecule has 134 valence electrons. The fourth-order valence-corrected chi connectivity index (χ4v) is 3.44. The van der Waals surface area contributed by atoms with E-state index in [9.17, 15) is 4.79 Å². The Kier molecular flexibility index (Phi) is 4.73. The maximum atomic E-state index is 12.9. The van der Waals surface area contributed by atoms with E-state index in [0.29, 0.717) is 0 Å². The van der Waals surface area contributed by atoms with Gasteiger partial charge in [0.25, 0.3) is 0 Å². The van der Waals surface area contributed by atoms with Crippen LogP contribution in [0.5, 0.6) is 0 Å². The lowest BCUT2D eigenvalue weighted by atomic mass is 10.1. The van der Waals surface area contributed by atoms with Crippen LogP contribution >= 0.6 is 0 Å². The molecule has 0 radical (unpaired) electrons. The molecule has 6 nitrogen and oxygen atoms in total. The lowest BCUT2D eigenvalue weighted by molar-refractivity contribution is 0.179. The van der Waals surface area contributed by atoms with Gasteiger partial charge in [0.05, 0.1) is 18.0 Å². The van der Waals surface area contributed by atoms with E-state index in [0.717, 1.165) is 49.4 Å². The molecule has 26 heavy (non-hydrogen) atoms. The Hall–Kier alpha value is -3.02. The Labute approximate surface area is 152 Å². The van der Waals surface area contributed by atoms with E-state index >= 15 is 0 Å². The van der Waals surface area contributed by atoms with Crippen molar-refractivity contribution in [2.75, 3.05) is 11.9 Å². The van der Waals surface area contributed by atoms with E-state index in [1.54, 1.807) is 17.1 Å². The number of amides is 2. The third-order valence-electron chi connectivity index (χ3n) is 4.77. The van der Waals surface area contributed by atoms with Gasteiger partial charge < -0.3 is 14.6 Å². The maximum Gasteiger partial charge on any atom is 0.322 e. The molecular weight excluding hydrogens is 328 g/mol. The summed E-state index contributed by atoms with van der Waals surface area (Å²) in [5.41, 5.74) is 1.73. The van der Waals surface area contributed by atoms with Crippen LogP contribution in [-0.4, -0.2) is 27.3 Å². The normalized spacial score (nSPS) is 17.7. The number of nitrogens with one attached hydrogen (secondary N) is 1. The van der Waals surface area contributed by atoms with Crippen molar-refractivity contribution < 1.29 is 9.21 Å². The topological polar surface area (TPSA) is 63.3 Å². The van der Waals surface area contributed by atoms with Crippen molar-refractivity contribution >= 4 is 11.7 Å². The number of benzene rings is 1. The number of hydrogen-bond donors (Lipinski definition) is 1. The van der Waals surface area contributed by atoms with Gasteiger partial charge in [0.2, 0.25) is 0 Å². The van der Waals surface area contributed by atoms with Gasteiger partial charge in [0.15, 0.2) is 0 Å². The molecule has 1 N–H and O–H groups in total. The van der Waals surface area contributed by atoms with Gasteiger partial charge >= 0.3 is 6.03 Å². The number of rotatable bonds is 3. The molecule has 1 fully saturated rings. The number of carbonyl (C=O) groups is 1. The van der Waals surface area contributed by atoms with Gasteiger partial charge in [-0.25, -0.2) is 9.48 Å². The monoisotopic (exact) mass is 350 g/mol. The lowest BCUT2D eigenvalue weighted by Gasteiger charge is -2.28. The first-order valence-corrected chi connectivity index (χ1v) is 9.02. The third kappa shape index (κ3) is 3.49. The van der Waals surface area contributed by atoms with Crippen LogP contribution in [0.4, 0.5) is 10.5 Å². The quantitative estimate of drug-likeness (QED) is 0.750. The average molecular weight is 350 g/mol. The molecule has 3 heterocycles. The van der Waals surface area contributed by atoms with Crippen molar-refractivity contribution in [3.05, 3.63) is 66.9 Å². The Morgan fingerprint density at radius 3 is 2.73 bits per heavy atom. The SMILES string of the molecule is O=C(Nc1ccc(-n2cccn2)cc1)N1CCCCCC1c1ccco1. The first-order valence-electron chi connectivity index (χ1n) is 9.02. The number of nitrogens with zero attached hydrogens (tertiary/aromatic N) is 3. The van der Waals surface area contributed by atoms with Crippen LogP contribution in [0.25, 0.3) is 5.69 Å². The molecule has 4 rings (SSSR count). The summed E-state index contributed by atoms with van der Waals surface area (Å²) in [6, 6.07) is 13.3. The predicted octanol–water partition coefficient (Wildman–Crippen LogP) is 4.61. The summed E-state index contributed by atoms with van der Waals surface area (Å²) in [6.07, 6.45) is 9.49. The fourth-order valence-electron chi connectivity index (χ4n) is 3.44. The predicted molar refractivity (Wildman–Crippen MR) is 99.2 cm³/mol. The number of hydrogen-bond acceptors (Lipinski definition) is 3. The highest BCUT2D eigenvalue weighted by Gasteiger charge is 2.28. The van der Waals surface area contributed by atoms with Crippen LogP contribution in [0.15, 0.2) is 65.5 Å². The highest BCUT2D eigenvalue weighted by Crippen LogP contribution is 2.31. The van der Waals surface area contributed by atoms with Gasteiger partial charge in [-0.1, -0.05) is 12.8 Å². The molecule has 1 unspecified atom stereocenters. The molecule has 2 amide bonds. The molecule has 0 spiro atoms. The van der Waals surface area contributed by atoms with Crippen LogP contribution in [-0.2, 0) is 0 Å². The van der Waals surface area contributed by atoms with E-state index in [1.165, 1.54) is 0 Å². The van der Waals surface area contributed by atoms with Gasteiger partial charge in [-0.15, -0.1) is 0 Å². The van der Waals surface area contributed by atoms with E-state index in [4.69, 9.17) is 4.42 Å². The second kappa shape index (κ2) is 7.47. The number of anilines is 1. The minimum absolute atomic E-state index is 0.00384. The summed E-state index contributed by atoms with van der Waals surface area (Å²) >= 11 is 0. The zero-order chi connectivity index (χ0) is 17.8. The number of likely N-dealkylation sites (tertiary alicyclic amines) is 1. The molecule has 6 heteroatoms. The Balaban J connectivity index is 1.49. The highest BCUT2D eigenvalue weighted by molar-refractivity contribution is 5.89. The Bertz CT molecular complexity index is 825. The van der Waals surface area contributed by atoms with Crippen molar-refractivity contribution in [3.63, 3.8) is 0 Å². The van der Waals surface area contributed by atoms with Gasteiger partial charge in [-0.05, 0) is 55.3 Å². The number of carbonyl (C=O) groups excluding carboxylic acids is 1. The van der Waals surface area contributed by atoms with E-state index in [1.807, 2.05) is 53.6 Å². The maximum absolute atomic E-state index is 12.9. The van der Waals surface area contributed by atoms with Gasteiger partial charge in [-0.2, -0.15) is 5.10 Å². The molecular formula is C20H22N4O2. The second-order valence-electron chi connectivity index (χ2n) is 6.50. The second-order valence-corrected chi connectivity index (χ2v) is 6.50. The van der Waals surface area contributed by atoms with Crippen molar-refractivity contribution in [2.24, 2.45) is 0 Å². The molecule has 0 bridgehead atoms. The third-order valence-corrected chi connectivity index (χ3v) is 4.77. The van der Waals surface area contributed by atoms with Crippen molar-refractivity contribution in [1.82, 2.24) is 14.7 Å². The molecule has 1 aliphatic rings. The van der Waals surface area contributed by atoms with Crippen molar-refractivity contribution in [1.29, 1.82) is 0 Å². The molecule has 2 aromatic heterocycles. The fraction of sp³-hybridized carbons (Fsp3) is 0.300. The highest BCUT2D eigenvalue weighted by atomic mass is 16.3. The number of furan rings is 1. The Morgan fingerprint density at radius 1 is 1.12 bits per heavy atom. The summed E-state index contributed by atoms with van der Waals surface area (Å²) in [5.74, 6) is 0.857. The summed E-state index contributed by atoms with van der Waals surface area (Å²) < 4.78 is 7.37. The molecule has 3 aromatic rings. The van der Waals surface area contributed by atoms with Crippen molar-refractivity contribution in [2.45, 2.75) is 31.7 Å². The number of urea groups is 1. The Morgan fingerprint density at radius 2 is 2.00 bits per heavy atom.